The lowest BCUT2D eigenvalue weighted by molar-refractivity contribution is -0.141. The number of carbonyl (C=O) groups is 4. The van der Waals surface area contributed by atoms with E-state index in [4.69, 9.17) is 23.6 Å². The monoisotopic (exact) mass is 813 g/mol. The Kier molecular flexibility index (Phi) is 10.5. The molecule has 2 aliphatic carbocycles. The predicted octanol–water partition coefficient (Wildman–Crippen LogP) is 5.04. The Morgan fingerprint density at radius 1 is 1.02 bits per heavy atom. The van der Waals surface area contributed by atoms with Crippen molar-refractivity contribution in [3.05, 3.63) is 66.2 Å². The zero-order valence-electron chi connectivity index (χ0n) is 32.6. The van der Waals surface area contributed by atoms with Crippen LogP contribution in [0.25, 0.3) is 33.3 Å². The van der Waals surface area contributed by atoms with Crippen LogP contribution in [0.3, 0.4) is 0 Å². The number of methoxy groups -OCH3 is 2. The molecule has 5 atom stereocenters. The molecule has 3 N–H and O–H groups in total. The highest BCUT2D eigenvalue weighted by molar-refractivity contribution is 7.91. The number of nitrogens with zero attached hydrogens (tertiary/aromatic N) is 2. The lowest BCUT2D eigenvalue weighted by atomic mass is 10.1. The van der Waals surface area contributed by atoms with Crippen LogP contribution in [0.4, 0.5) is 4.79 Å². The molecular formula is C42H47N5O10S. The SMILES string of the molecule is COC(=O)N[C@H]1CCCCC/C=C\[C@@H]2C[C@@]2(C(=O)NS(=O)(=O)C2CC2)NC(=O)[C@@H]2C[C@@H](Oc3cc(-c4ccc(C)cc4)nc4c3oc3ccc(OC)cc34)CN2C1=O. The number of carbonyl (C=O) groups excluding carboxylic acids is 4. The van der Waals surface area contributed by atoms with Gasteiger partial charge in [-0.05, 0) is 63.6 Å². The fourth-order valence-electron chi connectivity index (χ4n) is 8.00. The van der Waals surface area contributed by atoms with Crippen molar-refractivity contribution in [3.63, 3.8) is 0 Å². The number of furan rings is 1. The van der Waals surface area contributed by atoms with E-state index in [9.17, 15) is 27.6 Å². The molecule has 4 aromatic rings. The van der Waals surface area contributed by atoms with Crippen LogP contribution in [0.1, 0.15) is 63.4 Å². The summed E-state index contributed by atoms with van der Waals surface area (Å²) in [7, 11) is -1.12. The third-order valence-corrected chi connectivity index (χ3v) is 13.4. The molecule has 4 aliphatic rings. The number of aryl methyl sites for hydroxylation is 1. The molecule has 0 spiro atoms. The van der Waals surface area contributed by atoms with Crippen LogP contribution in [-0.2, 0) is 29.1 Å². The Morgan fingerprint density at radius 3 is 2.55 bits per heavy atom. The number of alkyl carbamates (subject to hydrolysis) is 1. The van der Waals surface area contributed by atoms with Gasteiger partial charge in [0, 0.05) is 24.0 Å². The molecule has 306 valence electrons. The molecule has 2 aliphatic heterocycles. The van der Waals surface area contributed by atoms with Crippen molar-refractivity contribution in [2.24, 2.45) is 5.92 Å². The number of hydrogen-bond acceptors (Lipinski definition) is 11. The summed E-state index contributed by atoms with van der Waals surface area (Å²) in [5.41, 5.74) is 2.45. The molecule has 0 bridgehead atoms. The molecule has 2 aromatic carbocycles. The number of nitrogens with one attached hydrogen (secondary N) is 3. The fraction of sp³-hybridized carbons (Fsp3) is 0.452. The third kappa shape index (κ3) is 7.81. The number of fused-ring (bicyclic) bond motifs is 5. The molecule has 1 saturated heterocycles. The maximum absolute atomic E-state index is 14.5. The molecule has 2 saturated carbocycles. The summed E-state index contributed by atoms with van der Waals surface area (Å²) in [6, 6.07) is 12.9. The summed E-state index contributed by atoms with van der Waals surface area (Å²) in [6.45, 7) is 1.95. The first-order valence-electron chi connectivity index (χ1n) is 19.7. The van der Waals surface area contributed by atoms with Crippen molar-refractivity contribution in [1.29, 1.82) is 0 Å². The van der Waals surface area contributed by atoms with Gasteiger partial charge in [0.15, 0.2) is 11.3 Å². The normalized spacial score (nSPS) is 25.7. The predicted molar refractivity (Wildman–Crippen MR) is 213 cm³/mol. The Morgan fingerprint density at radius 2 is 1.81 bits per heavy atom. The highest BCUT2D eigenvalue weighted by Gasteiger charge is 2.62. The Bertz CT molecular complexity index is 2410. The van der Waals surface area contributed by atoms with Gasteiger partial charge in [-0.25, -0.2) is 18.2 Å². The number of aromatic nitrogens is 1. The summed E-state index contributed by atoms with van der Waals surface area (Å²) < 4.78 is 51.4. The topological polar surface area (TPSA) is 195 Å². The summed E-state index contributed by atoms with van der Waals surface area (Å²) in [5.74, 6) is -1.44. The second-order valence-corrected chi connectivity index (χ2v) is 17.7. The van der Waals surface area contributed by atoms with Gasteiger partial charge < -0.3 is 34.2 Å². The van der Waals surface area contributed by atoms with Crippen molar-refractivity contribution in [1.82, 2.24) is 25.2 Å². The number of hydrogen-bond donors (Lipinski definition) is 3. The molecule has 15 nitrogen and oxygen atoms in total. The van der Waals surface area contributed by atoms with E-state index in [2.05, 4.69) is 15.4 Å². The molecule has 4 heterocycles. The van der Waals surface area contributed by atoms with E-state index < -0.39 is 68.7 Å². The van der Waals surface area contributed by atoms with Gasteiger partial charge in [0.1, 0.15) is 40.6 Å². The zero-order valence-corrected chi connectivity index (χ0v) is 33.4. The van der Waals surface area contributed by atoms with Gasteiger partial charge in [0.05, 0.1) is 37.1 Å². The Hall–Kier alpha value is -5.64. The molecule has 0 radical (unpaired) electrons. The van der Waals surface area contributed by atoms with Crippen molar-refractivity contribution < 1.29 is 46.2 Å². The lowest BCUT2D eigenvalue weighted by Crippen LogP contribution is -2.58. The van der Waals surface area contributed by atoms with E-state index in [1.165, 1.54) is 12.0 Å². The van der Waals surface area contributed by atoms with E-state index in [0.717, 1.165) is 24.0 Å². The van der Waals surface area contributed by atoms with Crippen LogP contribution < -0.4 is 24.8 Å². The molecule has 58 heavy (non-hydrogen) atoms. The summed E-state index contributed by atoms with van der Waals surface area (Å²) >= 11 is 0. The molecule has 3 fully saturated rings. The number of rotatable bonds is 8. The second kappa shape index (κ2) is 15.6. The minimum atomic E-state index is -3.91. The highest BCUT2D eigenvalue weighted by Crippen LogP contribution is 2.46. The number of amides is 4. The first-order valence-corrected chi connectivity index (χ1v) is 21.3. The average Bonchev–Trinajstić information content (AvgIpc) is 4.11. The van der Waals surface area contributed by atoms with Crippen LogP contribution >= 0.6 is 0 Å². The van der Waals surface area contributed by atoms with E-state index in [0.29, 0.717) is 71.4 Å². The number of sulfonamides is 1. The first kappa shape index (κ1) is 39.2. The van der Waals surface area contributed by atoms with Crippen LogP contribution in [0.5, 0.6) is 11.5 Å². The smallest absolute Gasteiger partial charge is 0.407 e. The molecule has 8 rings (SSSR count). The third-order valence-electron chi connectivity index (χ3n) is 11.6. The first-order chi connectivity index (χ1) is 27.9. The minimum absolute atomic E-state index is 0.0127. The van der Waals surface area contributed by atoms with E-state index >= 15 is 0 Å². The standard InChI is InChI=1S/C42H47N5O10S/c1-24-11-13-25(14-12-24)32-21-35(37-36(43-32)30-19-27(54-2)15-18-34(30)57-37)56-28-20-33-38(48)45-42(40(50)46-58(52,53)29-16-17-29)22-26(42)9-7-5-4-6-8-10-31(44-41(51)55-3)39(49)47(33)23-28/h7,9,11-15,18-19,21,26,28-29,31,33H,4-6,8,10,16-17,20,22-23H2,1-3H3,(H,44,51)(H,45,48)(H,46,50)/b9-7-/t26-,28-,31+,33+,42-/m1/s1. The zero-order chi connectivity index (χ0) is 40.8. The number of benzene rings is 2. The second-order valence-electron chi connectivity index (χ2n) is 15.7. The number of pyridine rings is 1. The van der Waals surface area contributed by atoms with Gasteiger partial charge in [-0.2, -0.15) is 0 Å². The quantitative estimate of drug-likeness (QED) is 0.202. The summed E-state index contributed by atoms with van der Waals surface area (Å²) in [5, 5.41) is 5.62. The Labute approximate surface area is 335 Å². The van der Waals surface area contributed by atoms with E-state index in [1.807, 2.05) is 49.4 Å². The van der Waals surface area contributed by atoms with Crippen molar-refractivity contribution in [3.8, 4) is 22.8 Å². The van der Waals surface area contributed by atoms with E-state index in [-0.39, 0.29) is 19.4 Å². The van der Waals surface area contributed by atoms with Crippen LogP contribution in [0, 0.1) is 12.8 Å². The lowest BCUT2D eigenvalue weighted by Gasteiger charge is -2.29. The van der Waals surface area contributed by atoms with Gasteiger partial charge in [-0.1, -0.05) is 54.8 Å². The minimum Gasteiger partial charge on any atom is -0.497 e. The van der Waals surface area contributed by atoms with Gasteiger partial charge in [-0.15, -0.1) is 0 Å². The maximum atomic E-state index is 14.5. The molecule has 0 unspecified atom stereocenters. The molecule has 16 heteroatoms. The largest absolute Gasteiger partial charge is 0.497 e. The van der Waals surface area contributed by atoms with Crippen molar-refractivity contribution in [2.45, 2.75) is 93.7 Å². The van der Waals surface area contributed by atoms with Gasteiger partial charge in [0.2, 0.25) is 21.8 Å². The van der Waals surface area contributed by atoms with Crippen LogP contribution in [-0.4, -0.2) is 91.9 Å². The van der Waals surface area contributed by atoms with Crippen LogP contribution in [0.15, 0.2) is 65.1 Å². The molecular weight excluding hydrogens is 767 g/mol. The summed E-state index contributed by atoms with van der Waals surface area (Å²) in [6.07, 6.45) is 6.53. The Balaban J connectivity index is 1.16. The average molecular weight is 814 g/mol. The van der Waals surface area contributed by atoms with Gasteiger partial charge in [-0.3, -0.25) is 19.1 Å². The number of ether oxygens (including phenoxy) is 3. The van der Waals surface area contributed by atoms with Gasteiger partial charge >= 0.3 is 6.09 Å². The molecule has 4 amide bonds. The maximum Gasteiger partial charge on any atom is 0.407 e. The number of allylic oxidation sites excluding steroid dienone is 1. The van der Waals surface area contributed by atoms with Crippen molar-refractivity contribution in [2.75, 3.05) is 20.8 Å². The van der Waals surface area contributed by atoms with Gasteiger partial charge in [0.25, 0.3) is 5.91 Å². The highest BCUT2D eigenvalue weighted by atomic mass is 32.2. The van der Waals surface area contributed by atoms with Crippen LogP contribution in [0.2, 0.25) is 0 Å². The fourth-order valence-corrected chi connectivity index (χ4v) is 9.36. The van der Waals surface area contributed by atoms with Crippen molar-refractivity contribution >= 4 is 55.9 Å². The van der Waals surface area contributed by atoms with E-state index in [1.54, 1.807) is 25.3 Å². The summed E-state index contributed by atoms with van der Waals surface area (Å²) in [4.78, 5) is 61.7. The molecule has 2 aromatic heterocycles.